The van der Waals surface area contributed by atoms with E-state index in [-0.39, 0.29) is 42.6 Å². The summed E-state index contributed by atoms with van der Waals surface area (Å²) in [6.45, 7) is 0.562. The van der Waals surface area contributed by atoms with E-state index in [1.165, 1.54) is 11.0 Å². The highest BCUT2D eigenvalue weighted by atomic mass is 16.2. The standard InChI is InChI=1S/C25H27N3O4/c29-22(15-17-7-3-1-4-8-17)26-13-14-27-23(30)18-11-12-20-21(16-18)25(32)28(24(20)31)19-9-5-2-6-10-19/h1,3-4,7-8,11-12,16,19H,2,5-6,9-10,13-15H2,(H,26,29)(H,27,30). The fourth-order valence-electron chi connectivity index (χ4n) is 4.40. The molecule has 1 heterocycles. The number of carbonyl (C=O) groups excluding carboxylic acids is 4. The summed E-state index contributed by atoms with van der Waals surface area (Å²) in [5, 5.41) is 5.52. The molecule has 0 unspecified atom stereocenters. The normalized spacial score (nSPS) is 16.1. The molecule has 2 aromatic rings. The summed E-state index contributed by atoms with van der Waals surface area (Å²) in [6, 6.07) is 14.0. The minimum Gasteiger partial charge on any atom is -0.354 e. The van der Waals surface area contributed by atoms with Crippen molar-refractivity contribution in [1.82, 2.24) is 15.5 Å². The van der Waals surface area contributed by atoms with Crippen LogP contribution in [-0.2, 0) is 11.2 Å². The number of nitrogens with one attached hydrogen (secondary N) is 2. The number of carbonyl (C=O) groups is 4. The molecular formula is C25H27N3O4. The van der Waals surface area contributed by atoms with Crippen molar-refractivity contribution in [3.8, 4) is 0 Å². The Kier molecular flexibility index (Phi) is 6.63. The molecule has 4 amide bonds. The van der Waals surface area contributed by atoms with Crippen molar-refractivity contribution in [2.45, 2.75) is 44.6 Å². The van der Waals surface area contributed by atoms with Crippen molar-refractivity contribution in [3.63, 3.8) is 0 Å². The van der Waals surface area contributed by atoms with Crippen LogP contribution in [0.1, 0.15) is 68.7 Å². The average Bonchev–Trinajstić information content (AvgIpc) is 3.07. The molecule has 2 N–H and O–H groups in total. The molecule has 1 aliphatic heterocycles. The summed E-state index contributed by atoms with van der Waals surface area (Å²) in [6.07, 6.45) is 5.15. The van der Waals surface area contributed by atoms with Crippen molar-refractivity contribution in [2.75, 3.05) is 13.1 Å². The maximum absolute atomic E-state index is 12.9. The smallest absolute Gasteiger partial charge is 0.261 e. The molecule has 2 aliphatic rings. The van der Waals surface area contributed by atoms with Crippen LogP contribution < -0.4 is 10.6 Å². The highest BCUT2D eigenvalue weighted by Crippen LogP contribution is 2.31. The third-order valence-corrected chi connectivity index (χ3v) is 6.06. The van der Waals surface area contributed by atoms with Gasteiger partial charge in [0.05, 0.1) is 17.5 Å². The van der Waals surface area contributed by atoms with Gasteiger partial charge in [0, 0.05) is 24.7 Å². The molecule has 1 aliphatic carbocycles. The van der Waals surface area contributed by atoms with Gasteiger partial charge >= 0.3 is 0 Å². The fraction of sp³-hybridized carbons (Fsp3) is 0.360. The van der Waals surface area contributed by atoms with Crippen molar-refractivity contribution in [3.05, 3.63) is 70.8 Å². The van der Waals surface area contributed by atoms with Crippen LogP contribution in [-0.4, -0.2) is 47.7 Å². The van der Waals surface area contributed by atoms with Crippen molar-refractivity contribution in [2.24, 2.45) is 0 Å². The molecule has 0 spiro atoms. The zero-order valence-corrected chi connectivity index (χ0v) is 17.9. The van der Waals surface area contributed by atoms with Gasteiger partial charge in [-0.3, -0.25) is 24.1 Å². The second-order valence-corrected chi connectivity index (χ2v) is 8.30. The van der Waals surface area contributed by atoms with E-state index in [9.17, 15) is 19.2 Å². The van der Waals surface area contributed by atoms with Gasteiger partial charge < -0.3 is 10.6 Å². The Bertz CT molecular complexity index is 1030. The minimum absolute atomic E-state index is 0.0482. The zero-order chi connectivity index (χ0) is 22.5. The van der Waals surface area contributed by atoms with E-state index >= 15 is 0 Å². The van der Waals surface area contributed by atoms with Crippen LogP contribution in [0.3, 0.4) is 0 Å². The first kappa shape index (κ1) is 21.7. The monoisotopic (exact) mass is 433 g/mol. The highest BCUT2D eigenvalue weighted by Gasteiger charge is 2.40. The third kappa shape index (κ3) is 4.72. The maximum atomic E-state index is 12.9. The van der Waals surface area contributed by atoms with Gasteiger partial charge in [0.1, 0.15) is 0 Å². The summed E-state index contributed by atoms with van der Waals surface area (Å²) in [5.74, 6) is -1.03. The topological polar surface area (TPSA) is 95.6 Å². The van der Waals surface area contributed by atoms with Crippen LogP contribution in [0.5, 0.6) is 0 Å². The van der Waals surface area contributed by atoms with Gasteiger partial charge in [-0.05, 0) is 36.6 Å². The third-order valence-electron chi connectivity index (χ3n) is 6.06. The molecular weight excluding hydrogens is 406 g/mol. The van der Waals surface area contributed by atoms with Crippen LogP contribution in [0, 0.1) is 0 Å². The summed E-state index contributed by atoms with van der Waals surface area (Å²) in [4.78, 5) is 51.5. The van der Waals surface area contributed by atoms with E-state index in [1.54, 1.807) is 12.1 Å². The first-order chi connectivity index (χ1) is 15.5. The predicted octanol–water partition coefficient (Wildman–Crippen LogP) is 2.70. The molecule has 0 atom stereocenters. The first-order valence-corrected chi connectivity index (χ1v) is 11.2. The largest absolute Gasteiger partial charge is 0.354 e. The second kappa shape index (κ2) is 9.77. The molecule has 2 aromatic carbocycles. The Labute approximate surface area is 187 Å². The lowest BCUT2D eigenvalue weighted by Gasteiger charge is -2.29. The number of hydrogen-bond donors (Lipinski definition) is 2. The molecule has 32 heavy (non-hydrogen) atoms. The van der Waals surface area contributed by atoms with Gasteiger partial charge in [0.15, 0.2) is 0 Å². The molecule has 7 nitrogen and oxygen atoms in total. The highest BCUT2D eigenvalue weighted by molar-refractivity contribution is 6.22. The molecule has 0 radical (unpaired) electrons. The van der Waals surface area contributed by atoms with Crippen molar-refractivity contribution < 1.29 is 19.2 Å². The number of nitrogens with zero attached hydrogens (tertiary/aromatic N) is 1. The summed E-state index contributed by atoms with van der Waals surface area (Å²) in [5.41, 5.74) is 1.91. The number of hydrogen-bond acceptors (Lipinski definition) is 4. The van der Waals surface area contributed by atoms with E-state index in [2.05, 4.69) is 10.6 Å². The molecule has 1 fully saturated rings. The lowest BCUT2D eigenvalue weighted by Crippen LogP contribution is -2.40. The Hall–Kier alpha value is -3.48. The number of benzene rings is 2. The molecule has 0 saturated heterocycles. The van der Waals surface area contributed by atoms with E-state index < -0.39 is 0 Å². The van der Waals surface area contributed by atoms with E-state index in [1.807, 2.05) is 30.3 Å². The van der Waals surface area contributed by atoms with E-state index in [0.717, 1.165) is 37.7 Å². The summed E-state index contributed by atoms with van der Waals surface area (Å²) < 4.78 is 0. The number of fused-ring (bicyclic) bond motifs is 1. The van der Waals surface area contributed by atoms with Gasteiger partial charge in [-0.15, -0.1) is 0 Å². The minimum atomic E-state index is -0.346. The zero-order valence-electron chi connectivity index (χ0n) is 17.9. The fourth-order valence-corrected chi connectivity index (χ4v) is 4.40. The van der Waals surface area contributed by atoms with Crippen LogP contribution in [0.4, 0.5) is 0 Å². The Balaban J connectivity index is 1.30. The van der Waals surface area contributed by atoms with Crippen molar-refractivity contribution in [1.29, 1.82) is 0 Å². The van der Waals surface area contributed by atoms with E-state index in [0.29, 0.717) is 23.2 Å². The van der Waals surface area contributed by atoms with Crippen LogP contribution in [0.2, 0.25) is 0 Å². The van der Waals surface area contributed by atoms with Gasteiger partial charge in [0.25, 0.3) is 17.7 Å². The lowest BCUT2D eigenvalue weighted by molar-refractivity contribution is -0.120. The number of imide groups is 1. The predicted molar refractivity (Wildman–Crippen MR) is 119 cm³/mol. The molecule has 7 heteroatoms. The summed E-state index contributed by atoms with van der Waals surface area (Å²) in [7, 11) is 0. The van der Waals surface area contributed by atoms with Gasteiger partial charge in [-0.1, -0.05) is 49.6 Å². The number of rotatable bonds is 7. The second-order valence-electron chi connectivity index (χ2n) is 8.30. The molecule has 1 saturated carbocycles. The quantitative estimate of drug-likeness (QED) is 0.518. The van der Waals surface area contributed by atoms with E-state index in [4.69, 9.17) is 0 Å². The van der Waals surface area contributed by atoms with Crippen LogP contribution >= 0.6 is 0 Å². The van der Waals surface area contributed by atoms with Crippen molar-refractivity contribution >= 4 is 23.6 Å². The van der Waals surface area contributed by atoms with Crippen LogP contribution in [0.25, 0.3) is 0 Å². The molecule has 0 aromatic heterocycles. The first-order valence-electron chi connectivity index (χ1n) is 11.2. The molecule has 166 valence electrons. The van der Waals surface area contributed by atoms with Gasteiger partial charge in [-0.2, -0.15) is 0 Å². The molecule has 4 rings (SSSR count). The SMILES string of the molecule is O=C(Cc1ccccc1)NCCNC(=O)c1ccc2c(c1)C(=O)N(C1CCCCC1)C2=O. The lowest BCUT2D eigenvalue weighted by atomic mass is 9.94. The Morgan fingerprint density at radius 2 is 1.53 bits per heavy atom. The van der Waals surface area contributed by atoms with Gasteiger partial charge in [-0.25, -0.2) is 0 Å². The maximum Gasteiger partial charge on any atom is 0.261 e. The number of amides is 4. The average molecular weight is 434 g/mol. The van der Waals surface area contributed by atoms with Gasteiger partial charge in [0.2, 0.25) is 5.91 Å². The Morgan fingerprint density at radius 1 is 0.844 bits per heavy atom. The Morgan fingerprint density at radius 3 is 2.28 bits per heavy atom. The molecule has 0 bridgehead atoms. The van der Waals surface area contributed by atoms with Crippen LogP contribution in [0.15, 0.2) is 48.5 Å². The summed E-state index contributed by atoms with van der Waals surface area (Å²) >= 11 is 0.